The number of alkyl halides is 8. The van der Waals surface area contributed by atoms with E-state index in [1.807, 2.05) is 10.6 Å². The van der Waals surface area contributed by atoms with E-state index >= 15 is 4.39 Å². The molecule has 4 aliphatic rings. The third-order valence-corrected chi connectivity index (χ3v) is 14.5. The fourth-order valence-electron chi connectivity index (χ4n) is 10.5. The molecule has 4 fully saturated rings. The van der Waals surface area contributed by atoms with Crippen molar-refractivity contribution in [2.45, 2.75) is 119 Å². The minimum atomic E-state index is -4.68. The van der Waals surface area contributed by atoms with Gasteiger partial charge in [-0.25, -0.2) is 41.9 Å². The van der Waals surface area contributed by atoms with Crippen LogP contribution in [-0.2, 0) is 16.0 Å². The molecule has 3 aromatic carbocycles. The highest BCUT2D eigenvalue weighted by Gasteiger charge is 2.50. The first-order chi connectivity index (χ1) is 36.0. The number of carbonyl (C=O) groups is 3. The van der Waals surface area contributed by atoms with Gasteiger partial charge in [0.25, 0.3) is 0 Å². The molecule has 5 amide bonds. The lowest BCUT2D eigenvalue weighted by molar-refractivity contribution is -0.151. The number of amides is 5. The third-order valence-electron chi connectivity index (χ3n) is 14.5. The second-order valence-corrected chi connectivity index (χ2v) is 19.5. The molecule has 2 aliphatic carbocycles. The number of rotatable bonds is 15. The van der Waals surface area contributed by atoms with Gasteiger partial charge in [0, 0.05) is 20.8 Å². The molecule has 76 heavy (non-hydrogen) atoms. The van der Waals surface area contributed by atoms with Gasteiger partial charge in [-0.05, 0) is 104 Å². The number of carbonyl (C=O) groups excluding carboxylic acids is 2. The normalized spacial score (nSPS) is 24.0. The number of carboxylic acid groups (broad SMARTS) is 1. The van der Waals surface area contributed by atoms with Crippen LogP contribution in [0.5, 0.6) is 0 Å². The van der Waals surface area contributed by atoms with Gasteiger partial charge in [-0.2, -0.15) is 26.3 Å². The highest BCUT2D eigenvalue weighted by molar-refractivity contribution is 5.80. The van der Waals surface area contributed by atoms with Gasteiger partial charge in [-0.3, -0.25) is 4.90 Å². The van der Waals surface area contributed by atoms with E-state index in [1.165, 1.54) is 26.4 Å². The van der Waals surface area contributed by atoms with Crippen LogP contribution in [-0.4, -0.2) is 125 Å². The van der Waals surface area contributed by atoms with Crippen molar-refractivity contribution in [1.82, 2.24) is 35.3 Å². The molecule has 2 aliphatic heterocycles. The predicted octanol–water partition coefficient (Wildman–Crippen LogP) is 10.5. The molecule has 0 spiro atoms. The Balaban J connectivity index is 0.000000209. The number of aromatic nitrogens is 2. The summed E-state index contributed by atoms with van der Waals surface area (Å²) in [5, 5.41) is 14.0. The van der Waals surface area contributed by atoms with Gasteiger partial charge in [-0.15, -0.1) is 0 Å². The number of nitrogens with two attached hydrogens (primary N) is 1. The number of benzene rings is 3. The van der Waals surface area contributed by atoms with Crippen LogP contribution >= 0.6 is 0 Å². The number of methoxy groups -OCH3 is 2. The smallest absolute Gasteiger partial charge is 0.410 e. The second kappa shape index (κ2) is 23.1. The number of fused-ring (bicyclic) bond motifs is 2. The molecule has 414 valence electrons. The van der Waals surface area contributed by atoms with Crippen molar-refractivity contribution in [3.8, 4) is 0 Å². The highest BCUT2D eigenvalue weighted by Crippen LogP contribution is 2.43. The monoisotopic (exact) mass is 1090 g/mol. The van der Waals surface area contributed by atoms with Crippen LogP contribution < -0.4 is 16.4 Å². The summed E-state index contributed by atoms with van der Waals surface area (Å²) in [5.74, 6) is -2.06. The number of oxazole rings is 2. The molecular formula is C50H56F10N8O8. The average Bonchev–Trinajstić information content (AvgIpc) is 4.19. The van der Waals surface area contributed by atoms with Crippen molar-refractivity contribution in [3.05, 3.63) is 94.7 Å². The van der Waals surface area contributed by atoms with E-state index in [0.29, 0.717) is 44.1 Å². The minimum absolute atomic E-state index is 0.00712. The molecule has 0 unspecified atom stereocenters. The van der Waals surface area contributed by atoms with E-state index < -0.39 is 104 Å². The number of ether oxygens (including phenoxy) is 2. The Morgan fingerprint density at radius 1 is 0.724 bits per heavy atom. The van der Waals surface area contributed by atoms with Crippen molar-refractivity contribution in [2.24, 2.45) is 17.6 Å². The summed E-state index contributed by atoms with van der Waals surface area (Å²) in [6, 6.07) is 4.12. The van der Waals surface area contributed by atoms with Gasteiger partial charge in [0.1, 0.15) is 41.5 Å². The molecule has 0 bridgehead atoms. The molecule has 9 rings (SSSR count). The van der Waals surface area contributed by atoms with E-state index in [9.17, 15) is 59.0 Å². The minimum Gasteiger partial charge on any atom is -0.465 e. The van der Waals surface area contributed by atoms with Crippen LogP contribution in [0.15, 0.2) is 63.4 Å². The zero-order valence-electron chi connectivity index (χ0n) is 41.1. The number of nitrogens with one attached hydrogen (secondary N) is 2. The fraction of sp³-hybridized carbons (Fsp3) is 0.540. The van der Waals surface area contributed by atoms with Crippen LogP contribution in [0.4, 0.5) is 58.3 Å². The Hall–Kier alpha value is -6.41. The van der Waals surface area contributed by atoms with Gasteiger partial charge < -0.3 is 49.6 Å². The molecule has 5 aromatic rings. The molecule has 16 nitrogen and oxygen atoms in total. The Kier molecular flexibility index (Phi) is 16.9. The Bertz CT molecular complexity index is 2820. The van der Waals surface area contributed by atoms with Crippen molar-refractivity contribution < 1.29 is 81.7 Å². The Labute approximate surface area is 428 Å². The van der Waals surface area contributed by atoms with E-state index in [1.54, 1.807) is 30.3 Å². The number of hydrogen-bond donors (Lipinski definition) is 4. The number of urea groups is 2. The van der Waals surface area contributed by atoms with Crippen molar-refractivity contribution >= 4 is 40.4 Å². The molecule has 26 heteroatoms. The maximum Gasteiger partial charge on any atom is 0.410 e. The first-order valence-corrected chi connectivity index (χ1v) is 24.6. The van der Waals surface area contributed by atoms with Gasteiger partial charge in [-0.1, -0.05) is 30.3 Å². The highest BCUT2D eigenvalue weighted by atomic mass is 19.4. The third kappa shape index (κ3) is 12.4. The lowest BCUT2D eigenvalue weighted by Crippen LogP contribution is -2.40. The molecule has 4 heterocycles. The van der Waals surface area contributed by atoms with E-state index in [4.69, 9.17) is 24.0 Å². The Morgan fingerprint density at radius 3 is 1.58 bits per heavy atom. The summed E-state index contributed by atoms with van der Waals surface area (Å²) < 4.78 is 159. The van der Waals surface area contributed by atoms with E-state index in [-0.39, 0.29) is 89.5 Å². The fourth-order valence-corrected chi connectivity index (χ4v) is 10.5. The summed E-state index contributed by atoms with van der Waals surface area (Å²) in [4.78, 5) is 49.1. The van der Waals surface area contributed by atoms with Crippen LogP contribution in [0.1, 0.15) is 104 Å². The number of halogens is 10. The quantitative estimate of drug-likeness (QED) is 0.0727. The maximum absolute atomic E-state index is 15.5. The van der Waals surface area contributed by atoms with Crippen LogP contribution in [0.3, 0.4) is 0 Å². The zero-order valence-corrected chi connectivity index (χ0v) is 41.1. The molecule has 5 N–H and O–H groups in total. The maximum atomic E-state index is 15.5. The summed E-state index contributed by atoms with van der Waals surface area (Å²) in [6.45, 7) is -1.75. The largest absolute Gasteiger partial charge is 0.465 e. The number of nitrogens with zero attached hydrogens (tertiary/aromatic N) is 5. The second-order valence-electron chi connectivity index (χ2n) is 19.5. The number of hydrogen-bond acceptors (Lipinski definition) is 10. The topological polar surface area (TPSA) is 202 Å². The summed E-state index contributed by atoms with van der Waals surface area (Å²) >= 11 is 0. The summed E-state index contributed by atoms with van der Waals surface area (Å²) in [6.07, 6.45) is -9.32. The molecule has 2 aromatic heterocycles. The molecule has 0 radical (unpaired) electrons. The SMILES string of the molecule is COC[C@H](c1cc(F)c2oc([C@@H](N)C3CCC(F)CC3)nc2c1)N1C[C@@H](C(F)(F)F)NC1=O.COC[C@H](c1cc(F)c2oc([C@H](C3CCC(F)CC3)N(Cc3ccccc3)C(=O)O)nc2c1)N1C[C@@H](C(F)(F)F)NC1=O. The first kappa shape index (κ1) is 55.8. The molecule has 2 saturated carbocycles. The standard InChI is InChI=1S/C29H31F5N4O5.C21H25F5N4O3/c1-42-15-22(37-14-23(29(32,33)34)36-27(37)39)18-11-20(31)25-21(12-18)35-26(43-25)24(17-7-9-19(30)10-8-17)38(28(40)41)13-16-5-3-2-4-6-16;1-32-9-15(30-8-16(21(24,25)26)29-20(30)31)11-6-13(23)18-14(7-11)28-19(33-18)17(27)10-2-4-12(22)5-3-10/h2-6,11-12,17,19,22-24H,7-10,13-15H2,1H3,(H,36,39)(H,40,41);6-7,10,12,15-17H,2-5,8-9,27H2,1H3,(H,29,31)/t17?,19?,22-,23+,24+;10?,12?,15-,16+,17+/m11/s1. The van der Waals surface area contributed by atoms with Crippen LogP contribution in [0.25, 0.3) is 22.2 Å². The van der Waals surface area contributed by atoms with Crippen LogP contribution in [0.2, 0.25) is 0 Å². The van der Waals surface area contributed by atoms with Crippen molar-refractivity contribution in [2.75, 3.05) is 40.5 Å². The first-order valence-electron chi connectivity index (χ1n) is 24.6. The van der Waals surface area contributed by atoms with Gasteiger partial charge in [0.15, 0.2) is 22.8 Å². The molecule has 2 saturated heterocycles. The van der Waals surface area contributed by atoms with E-state index in [2.05, 4.69) is 9.97 Å². The van der Waals surface area contributed by atoms with Gasteiger partial charge >= 0.3 is 30.5 Å². The lowest BCUT2D eigenvalue weighted by atomic mass is 9.82. The predicted molar refractivity (Wildman–Crippen MR) is 251 cm³/mol. The van der Waals surface area contributed by atoms with Crippen molar-refractivity contribution in [1.29, 1.82) is 0 Å². The summed E-state index contributed by atoms with van der Waals surface area (Å²) in [5.41, 5.74) is 7.00. The van der Waals surface area contributed by atoms with Crippen molar-refractivity contribution in [3.63, 3.8) is 0 Å². The average molecular weight is 1090 g/mol. The van der Waals surface area contributed by atoms with Gasteiger partial charge in [0.2, 0.25) is 11.8 Å². The van der Waals surface area contributed by atoms with Crippen LogP contribution in [0, 0.1) is 23.5 Å². The lowest BCUT2D eigenvalue weighted by Gasteiger charge is -2.36. The Morgan fingerprint density at radius 2 is 1.16 bits per heavy atom. The molecular weight excluding hydrogens is 1030 g/mol. The zero-order chi connectivity index (χ0) is 54.8. The van der Waals surface area contributed by atoms with Gasteiger partial charge in [0.05, 0.1) is 44.4 Å². The summed E-state index contributed by atoms with van der Waals surface area (Å²) in [7, 11) is 2.63. The molecule has 6 atom stereocenters. The van der Waals surface area contributed by atoms with E-state index in [0.717, 1.165) is 26.8 Å².